The Morgan fingerprint density at radius 2 is 1.60 bits per heavy atom. The molecule has 0 saturated carbocycles. The molecule has 0 aliphatic carbocycles. The minimum Gasteiger partial charge on any atom is -0.324 e. The number of hydrogen-bond donors (Lipinski definition) is 2. The number of rotatable bonds is 8. The van der Waals surface area contributed by atoms with Crippen LogP contribution in [0.15, 0.2) is 48.5 Å². The smallest absolute Gasteiger partial charge is 0.239 e. The number of nitrogens with one attached hydrogen (secondary N) is 2. The van der Waals surface area contributed by atoms with Crippen molar-refractivity contribution in [1.82, 2.24) is 4.72 Å². The van der Waals surface area contributed by atoms with Crippen molar-refractivity contribution >= 4 is 21.6 Å². The molecule has 2 N–H and O–H groups in total. The van der Waals surface area contributed by atoms with Crippen LogP contribution in [0.2, 0.25) is 0 Å². The second-order valence-corrected chi connectivity index (χ2v) is 7.97. The highest BCUT2D eigenvalue weighted by Crippen LogP contribution is 2.19. The third-order valence-electron chi connectivity index (χ3n) is 3.92. The summed E-state index contributed by atoms with van der Waals surface area (Å²) >= 11 is 0. The van der Waals surface area contributed by atoms with Gasteiger partial charge in [-0.1, -0.05) is 48.5 Å². The van der Waals surface area contributed by atoms with Gasteiger partial charge in [0.25, 0.3) is 0 Å². The van der Waals surface area contributed by atoms with E-state index in [9.17, 15) is 13.2 Å². The molecule has 0 radical (unpaired) electrons. The summed E-state index contributed by atoms with van der Waals surface area (Å²) in [6, 6.07) is 15.4. The molecule has 0 aliphatic heterocycles. The lowest BCUT2D eigenvalue weighted by Gasteiger charge is -2.12. The van der Waals surface area contributed by atoms with Gasteiger partial charge >= 0.3 is 0 Å². The average Bonchev–Trinajstić information content (AvgIpc) is 2.57. The molecular weight excluding hydrogens is 336 g/mol. The summed E-state index contributed by atoms with van der Waals surface area (Å²) in [5, 5.41) is 2.77. The van der Waals surface area contributed by atoms with Crippen LogP contribution < -0.4 is 10.0 Å². The predicted octanol–water partition coefficient (Wildman–Crippen LogP) is 2.79. The Balaban J connectivity index is 1.80. The Labute approximate surface area is 149 Å². The monoisotopic (exact) mass is 360 g/mol. The molecule has 0 bridgehead atoms. The highest BCUT2D eigenvalue weighted by Gasteiger charge is 2.13. The predicted molar refractivity (Wildman–Crippen MR) is 101 cm³/mol. The quantitative estimate of drug-likeness (QED) is 0.760. The highest BCUT2D eigenvalue weighted by atomic mass is 32.2. The molecule has 0 unspecified atom stereocenters. The van der Waals surface area contributed by atoms with Crippen molar-refractivity contribution in [2.45, 2.75) is 26.7 Å². The van der Waals surface area contributed by atoms with Gasteiger partial charge in [-0.2, -0.15) is 0 Å². The Hall–Kier alpha value is -2.18. The number of carbonyl (C=O) groups excluding carboxylic acids is 1. The normalized spacial score (nSPS) is 11.3. The van der Waals surface area contributed by atoms with E-state index in [4.69, 9.17) is 0 Å². The van der Waals surface area contributed by atoms with Crippen LogP contribution in [0, 0.1) is 13.8 Å². The van der Waals surface area contributed by atoms with Crippen LogP contribution in [0.4, 0.5) is 5.69 Å². The van der Waals surface area contributed by atoms with Crippen LogP contribution in [-0.4, -0.2) is 26.6 Å². The van der Waals surface area contributed by atoms with Crippen LogP contribution >= 0.6 is 0 Å². The third-order valence-corrected chi connectivity index (χ3v) is 5.33. The van der Waals surface area contributed by atoms with Crippen LogP contribution in [-0.2, 0) is 21.2 Å². The first-order valence-corrected chi connectivity index (χ1v) is 9.90. The molecule has 25 heavy (non-hydrogen) atoms. The summed E-state index contributed by atoms with van der Waals surface area (Å²) in [4.78, 5) is 12.0. The Morgan fingerprint density at radius 3 is 2.24 bits per heavy atom. The lowest BCUT2D eigenvalue weighted by molar-refractivity contribution is -0.115. The Bertz CT molecular complexity index is 798. The summed E-state index contributed by atoms with van der Waals surface area (Å²) in [6.07, 6.45) is 1.20. The van der Waals surface area contributed by atoms with Gasteiger partial charge in [0.05, 0.1) is 12.3 Å². The number of anilines is 1. The summed E-state index contributed by atoms with van der Waals surface area (Å²) in [6.45, 7) is 3.54. The number of carbonyl (C=O) groups is 1. The molecule has 0 aliphatic rings. The van der Waals surface area contributed by atoms with E-state index in [1.165, 1.54) is 0 Å². The molecule has 2 rings (SSSR count). The molecule has 2 aromatic carbocycles. The van der Waals surface area contributed by atoms with E-state index in [-0.39, 0.29) is 18.2 Å². The van der Waals surface area contributed by atoms with E-state index < -0.39 is 10.0 Å². The molecule has 0 aromatic heterocycles. The Morgan fingerprint density at radius 1 is 0.960 bits per heavy atom. The zero-order chi connectivity index (χ0) is 18.3. The number of benzene rings is 2. The number of amides is 1. The molecule has 0 atom stereocenters. The summed E-state index contributed by atoms with van der Waals surface area (Å²) in [5.41, 5.74) is 3.72. The van der Waals surface area contributed by atoms with Crippen molar-refractivity contribution in [3.05, 3.63) is 65.2 Å². The van der Waals surface area contributed by atoms with Gasteiger partial charge in [-0.3, -0.25) is 4.79 Å². The van der Waals surface area contributed by atoms with Crippen LogP contribution in [0.5, 0.6) is 0 Å². The molecule has 5 nitrogen and oxygen atoms in total. The first-order chi connectivity index (χ1) is 11.9. The summed E-state index contributed by atoms with van der Waals surface area (Å²) < 4.78 is 26.4. The van der Waals surface area contributed by atoms with Crippen LogP contribution in [0.3, 0.4) is 0 Å². The van der Waals surface area contributed by atoms with Gasteiger partial charge in [0.1, 0.15) is 0 Å². The maximum absolute atomic E-state index is 12.0. The first-order valence-electron chi connectivity index (χ1n) is 8.25. The number of para-hydroxylation sites is 1. The highest BCUT2D eigenvalue weighted by molar-refractivity contribution is 7.89. The standard InChI is InChI=1S/C19H24N2O3S/c1-15-8-6-9-16(2)19(15)21-18(22)14-20-25(23,24)13-7-12-17-10-4-3-5-11-17/h3-6,8-11,20H,7,12-14H2,1-2H3,(H,21,22). The van der Waals surface area contributed by atoms with Gasteiger partial charge in [0.2, 0.25) is 15.9 Å². The fourth-order valence-corrected chi connectivity index (χ4v) is 3.57. The van der Waals surface area contributed by atoms with Crippen molar-refractivity contribution in [3.63, 3.8) is 0 Å². The molecule has 134 valence electrons. The van der Waals surface area contributed by atoms with Gasteiger partial charge in [0, 0.05) is 5.69 Å². The lowest BCUT2D eigenvalue weighted by Crippen LogP contribution is -2.34. The summed E-state index contributed by atoms with van der Waals surface area (Å²) in [7, 11) is -3.47. The number of hydrogen-bond acceptors (Lipinski definition) is 3. The van der Waals surface area contributed by atoms with Gasteiger partial charge in [-0.15, -0.1) is 0 Å². The van der Waals surface area contributed by atoms with Crippen molar-refractivity contribution in [2.24, 2.45) is 0 Å². The SMILES string of the molecule is Cc1cccc(C)c1NC(=O)CNS(=O)(=O)CCCc1ccccc1. The van der Waals surface area contributed by atoms with Crippen molar-refractivity contribution in [3.8, 4) is 0 Å². The molecular formula is C19H24N2O3S. The Kier molecular flexibility index (Phi) is 6.73. The van der Waals surface area contributed by atoms with E-state index in [1.54, 1.807) is 0 Å². The largest absolute Gasteiger partial charge is 0.324 e. The third kappa shape index (κ3) is 6.32. The van der Waals surface area contributed by atoms with E-state index >= 15 is 0 Å². The number of sulfonamides is 1. The van der Waals surface area contributed by atoms with Crippen molar-refractivity contribution in [1.29, 1.82) is 0 Å². The first kappa shape index (κ1) is 19.1. The number of aryl methyl sites for hydroxylation is 3. The molecule has 1 amide bonds. The van der Waals surface area contributed by atoms with Gasteiger partial charge < -0.3 is 5.32 Å². The topological polar surface area (TPSA) is 75.3 Å². The van der Waals surface area contributed by atoms with Gasteiger partial charge in [0.15, 0.2) is 0 Å². The van der Waals surface area contributed by atoms with E-state index in [1.807, 2.05) is 62.4 Å². The van der Waals surface area contributed by atoms with Crippen molar-refractivity contribution < 1.29 is 13.2 Å². The van der Waals surface area contributed by atoms with Crippen LogP contribution in [0.1, 0.15) is 23.1 Å². The summed E-state index contributed by atoms with van der Waals surface area (Å²) in [5.74, 6) is -0.373. The minimum absolute atomic E-state index is 0.00142. The second-order valence-electron chi connectivity index (χ2n) is 6.04. The zero-order valence-electron chi connectivity index (χ0n) is 14.6. The fraction of sp³-hybridized carbons (Fsp3) is 0.316. The van der Waals surface area contributed by atoms with E-state index in [0.29, 0.717) is 12.8 Å². The molecule has 0 fully saturated rings. The maximum Gasteiger partial charge on any atom is 0.239 e. The average molecular weight is 360 g/mol. The van der Waals surface area contributed by atoms with E-state index in [0.717, 1.165) is 22.4 Å². The van der Waals surface area contributed by atoms with Crippen LogP contribution in [0.25, 0.3) is 0 Å². The molecule has 0 spiro atoms. The minimum atomic E-state index is -3.47. The lowest BCUT2D eigenvalue weighted by atomic mass is 10.1. The molecule has 6 heteroatoms. The molecule has 2 aromatic rings. The molecule has 0 saturated heterocycles. The molecule has 0 heterocycles. The zero-order valence-corrected chi connectivity index (χ0v) is 15.4. The van der Waals surface area contributed by atoms with Gasteiger partial charge in [-0.05, 0) is 43.4 Å². The second kappa shape index (κ2) is 8.78. The fourth-order valence-electron chi connectivity index (χ4n) is 2.55. The van der Waals surface area contributed by atoms with Crippen molar-refractivity contribution in [2.75, 3.05) is 17.6 Å². The van der Waals surface area contributed by atoms with E-state index in [2.05, 4.69) is 10.0 Å². The maximum atomic E-state index is 12.0. The van der Waals surface area contributed by atoms with Gasteiger partial charge in [-0.25, -0.2) is 13.1 Å².